The van der Waals surface area contributed by atoms with E-state index in [1.807, 2.05) is 48.5 Å². The van der Waals surface area contributed by atoms with E-state index in [2.05, 4.69) is 50.4 Å². The normalized spacial score (nSPS) is 13.7. The fourth-order valence-corrected chi connectivity index (χ4v) is 4.42. The van der Waals surface area contributed by atoms with Gasteiger partial charge in [0.05, 0.1) is 12.5 Å². The second kappa shape index (κ2) is 9.10. The van der Waals surface area contributed by atoms with Crippen molar-refractivity contribution >= 4 is 12.1 Å². The number of carbonyl (C=O) groups excluding carboxylic acids is 1. The Bertz CT molecular complexity index is 1120. The van der Waals surface area contributed by atoms with E-state index in [9.17, 15) is 14.7 Å². The highest BCUT2D eigenvalue weighted by molar-refractivity contribution is 5.79. The molecule has 1 unspecified atom stereocenters. The number of nitrogens with one attached hydrogen (secondary N) is 1. The van der Waals surface area contributed by atoms with Crippen LogP contribution in [0.2, 0.25) is 0 Å². The summed E-state index contributed by atoms with van der Waals surface area (Å²) in [5.41, 5.74) is 6.44. The molecule has 3 aromatic rings. The van der Waals surface area contributed by atoms with Crippen molar-refractivity contribution in [2.75, 3.05) is 6.61 Å². The molecule has 0 saturated heterocycles. The fourth-order valence-electron chi connectivity index (χ4n) is 4.42. The van der Waals surface area contributed by atoms with Crippen LogP contribution in [0.15, 0.2) is 72.8 Å². The van der Waals surface area contributed by atoms with E-state index in [-0.39, 0.29) is 24.4 Å². The zero-order chi connectivity index (χ0) is 23.6. The topological polar surface area (TPSA) is 75.6 Å². The first-order valence-corrected chi connectivity index (χ1v) is 11.2. The van der Waals surface area contributed by atoms with Gasteiger partial charge in [-0.1, -0.05) is 93.6 Å². The van der Waals surface area contributed by atoms with E-state index in [0.717, 1.165) is 33.4 Å². The number of fused-ring (bicyclic) bond motifs is 3. The van der Waals surface area contributed by atoms with Crippen molar-refractivity contribution in [1.29, 1.82) is 0 Å². The monoisotopic (exact) mass is 443 g/mol. The van der Waals surface area contributed by atoms with Crippen molar-refractivity contribution in [2.24, 2.45) is 0 Å². The summed E-state index contributed by atoms with van der Waals surface area (Å²) in [6.07, 6.45) is -0.845. The Kier molecular flexibility index (Phi) is 6.23. The summed E-state index contributed by atoms with van der Waals surface area (Å²) in [4.78, 5) is 24.1. The molecule has 0 radical (unpaired) electrons. The maximum atomic E-state index is 12.7. The molecular weight excluding hydrogens is 414 g/mol. The highest BCUT2D eigenvalue weighted by atomic mass is 16.5. The maximum absolute atomic E-state index is 12.7. The fraction of sp³-hybridized carbons (Fsp3) is 0.286. The van der Waals surface area contributed by atoms with Crippen LogP contribution in [0, 0.1) is 0 Å². The van der Waals surface area contributed by atoms with Crippen LogP contribution in [0.25, 0.3) is 11.1 Å². The number of hydrogen-bond donors (Lipinski definition) is 2. The minimum atomic E-state index is -0.987. The number of aliphatic carboxylic acids is 1. The molecule has 4 rings (SSSR count). The number of benzene rings is 3. The largest absolute Gasteiger partial charge is 0.481 e. The third-order valence-electron chi connectivity index (χ3n) is 6.19. The van der Waals surface area contributed by atoms with Gasteiger partial charge in [-0.25, -0.2) is 4.79 Å². The molecule has 0 saturated carbocycles. The van der Waals surface area contributed by atoms with Gasteiger partial charge in [0.15, 0.2) is 0 Å². The maximum Gasteiger partial charge on any atom is 0.407 e. The summed E-state index contributed by atoms with van der Waals surface area (Å²) in [5, 5.41) is 12.1. The SMILES string of the molecule is CC(C)(C)c1ccc(C(CC(=O)O)NC(=O)OCC2c3ccccc3-c3ccccc32)cc1. The van der Waals surface area contributed by atoms with Crippen LogP contribution in [0.5, 0.6) is 0 Å². The molecule has 0 bridgehead atoms. The Labute approximate surface area is 194 Å². The molecule has 1 amide bonds. The van der Waals surface area contributed by atoms with Crippen LogP contribution in [-0.4, -0.2) is 23.8 Å². The number of rotatable bonds is 6. The van der Waals surface area contributed by atoms with Gasteiger partial charge in [-0.3, -0.25) is 4.79 Å². The van der Waals surface area contributed by atoms with Crippen LogP contribution in [0.4, 0.5) is 4.79 Å². The zero-order valence-electron chi connectivity index (χ0n) is 19.2. The zero-order valence-corrected chi connectivity index (χ0v) is 19.2. The molecule has 0 aliphatic heterocycles. The first-order valence-electron chi connectivity index (χ1n) is 11.2. The number of alkyl carbamates (subject to hydrolysis) is 1. The van der Waals surface area contributed by atoms with Gasteiger partial charge in [0.1, 0.15) is 6.61 Å². The van der Waals surface area contributed by atoms with E-state index in [0.29, 0.717) is 0 Å². The summed E-state index contributed by atoms with van der Waals surface area (Å²) in [6, 6.07) is 23.3. The Hall–Kier alpha value is -3.60. The highest BCUT2D eigenvalue weighted by Gasteiger charge is 2.29. The molecular formula is C28H29NO4. The second-order valence-corrected chi connectivity index (χ2v) is 9.49. The number of hydrogen-bond acceptors (Lipinski definition) is 3. The van der Waals surface area contributed by atoms with Gasteiger partial charge in [-0.2, -0.15) is 0 Å². The first-order chi connectivity index (χ1) is 15.7. The van der Waals surface area contributed by atoms with Crippen LogP contribution in [0.3, 0.4) is 0 Å². The van der Waals surface area contributed by atoms with Crippen molar-refractivity contribution in [3.8, 4) is 11.1 Å². The molecule has 0 spiro atoms. The van der Waals surface area contributed by atoms with Gasteiger partial charge in [0.25, 0.3) is 0 Å². The van der Waals surface area contributed by atoms with Crippen LogP contribution in [-0.2, 0) is 14.9 Å². The summed E-state index contributed by atoms with van der Waals surface area (Å²) < 4.78 is 5.61. The summed E-state index contributed by atoms with van der Waals surface area (Å²) in [5.74, 6) is -1.04. The Morgan fingerprint density at radius 3 is 1.97 bits per heavy atom. The molecule has 1 atom stereocenters. The number of carbonyl (C=O) groups is 2. The standard InChI is InChI=1S/C28H29NO4/c1-28(2,3)19-14-12-18(13-15-19)25(16-26(30)31)29-27(32)33-17-24-22-10-6-4-8-20(22)21-9-5-7-11-23(21)24/h4-15,24-25H,16-17H2,1-3H3,(H,29,32)(H,30,31). The van der Waals surface area contributed by atoms with Gasteiger partial charge >= 0.3 is 12.1 Å². The van der Waals surface area contributed by atoms with Gasteiger partial charge < -0.3 is 15.2 Å². The predicted molar refractivity (Wildman–Crippen MR) is 128 cm³/mol. The van der Waals surface area contributed by atoms with Crippen LogP contribution in [0.1, 0.15) is 61.4 Å². The lowest BCUT2D eigenvalue weighted by molar-refractivity contribution is -0.137. The lowest BCUT2D eigenvalue weighted by Crippen LogP contribution is -2.31. The van der Waals surface area contributed by atoms with Crippen molar-refractivity contribution in [1.82, 2.24) is 5.32 Å². The van der Waals surface area contributed by atoms with Crippen molar-refractivity contribution in [3.05, 3.63) is 95.1 Å². The summed E-state index contributed by atoms with van der Waals surface area (Å²) >= 11 is 0. The Morgan fingerprint density at radius 1 is 0.909 bits per heavy atom. The van der Waals surface area contributed by atoms with Crippen molar-refractivity contribution in [3.63, 3.8) is 0 Å². The van der Waals surface area contributed by atoms with E-state index in [4.69, 9.17) is 4.74 Å². The first kappa shape index (κ1) is 22.6. The molecule has 1 aliphatic rings. The molecule has 0 fully saturated rings. The van der Waals surface area contributed by atoms with Gasteiger partial charge in [-0.05, 0) is 38.8 Å². The molecule has 5 nitrogen and oxygen atoms in total. The van der Waals surface area contributed by atoms with E-state index >= 15 is 0 Å². The van der Waals surface area contributed by atoms with Gasteiger partial charge in [0.2, 0.25) is 0 Å². The minimum absolute atomic E-state index is 0.0128. The van der Waals surface area contributed by atoms with E-state index < -0.39 is 18.1 Å². The van der Waals surface area contributed by atoms with Gasteiger partial charge in [-0.15, -0.1) is 0 Å². The lowest BCUT2D eigenvalue weighted by Gasteiger charge is -2.22. The second-order valence-electron chi connectivity index (χ2n) is 9.49. The molecule has 3 aromatic carbocycles. The molecule has 2 N–H and O–H groups in total. The Balaban J connectivity index is 1.47. The number of ether oxygens (including phenoxy) is 1. The van der Waals surface area contributed by atoms with E-state index in [1.54, 1.807) is 0 Å². The van der Waals surface area contributed by atoms with Crippen molar-refractivity contribution in [2.45, 2.75) is 44.6 Å². The summed E-state index contributed by atoms with van der Waals surface area (Å²) in [7, 11) is 0. The predicted octanol–water partition coefficient (Wildman–Crippen LogP) is 6.04. The van der Waals surface area contributed by atoms with Crippen LogP contribution >= 0.6 is 0 Å². The molecule has 0 aromatic heterocycles. The quantitative estimate of drug-likeness (QED) is 0.487. The minimum Gasteiger partial charge on any atom is -0.481 e. The number of carboxylic acid groups (broad SMARTS) is 1. The lowest BCUT2D eigenvalue weighted by atomic mass is 9.86. The highest BCUT2D eigenvalue weighted by Crippen LogP contribution is 2.44. The molecule has 5 heteroatoms. The summed E-state index contributed by atoms with van der Waals surface area (Å²) in [6.45, 7) is 6.53. The molecule has 33 heavy (non-hydrogen) atoms. The van der Waals surface area contributed by atoms with Gasteiger partial charge in [0, 0.05) is 5.92 Å². The average Bonchev–Trinajstić information content (AvgIpc) is 3.10. The van der Waals surface area contributed by atoms with Crippen LogP contribution < -0.4 is 5.32 Å². The third-order valence-corrected chi connectivity index (χ3v) is 6.19. The molecule has 1 aliphatic carbocycles. The molecule has 170 valence electrons. The third kappa shape index (κ3) is 4.92. The Morgan fingerprint density at radius 2 is 1.45 bits per heavy atom. The molecule has 0 heterocycles. The smallest absolute Gasteiger partial charge is 0.407 e. The average molecular weight is 444 g/mol. The van der Waals surface area contributed by atoms with Crippen molar-refractivity contribution < 1.29 is 19.4 Å². The number of carboxylic acids is 1. The van der Waals surface area contributed by atoms with E-state index in [1.165, 1.54) is 0 Å². The number of amides is 1.